The lowest BCUT2D eigenvalue weighted by Gasteiger charge is -2.15. The van der Waals surface area contributed by atoms with Gasteiger partial charge in [0.15, 0.2) is 0 Å². The highest BCUT2D eigenvalue weighted by molar-refractivity contribution is 5.58. The largest absolute Gasteiger partial charge is 0.363 e. The van der Waals surface area contributed by atoms with Crippen LogP contribution in [-0.2, 0) is 6.67 Å². The number of rotatable bonds is 8. The predicted molar refractivity (Wildman–Crippen MR) is 117 cm³/mol. The molecule has 0 amide bonds. The third-order valence-electron chi connectivity index (χ3n) is 4.49. The molecule has 0 bridgehead atoms. The molecule has 4 aromatic rings. The lowest BCUT2D eigenvalue weighted by molar-refractivity contribution is 0.673. The van der Waals surface area contributed by atoms with E-state index in [9.17, 15) is 0 Å². The lowest BCUT2D eigenvalue weighted by Crippen LogP contribution is -2.21. The summed E-state index contributed by atoms with van der Waals surface area (Å²) in [4.78, 5) is 15.8. The number of aryl methyl sites for hydroxylation is 2. The molecule has 5 N–H and O–H groups in total. The van der Waals surface area contributed by atoms with E-state index in [-0.39, 0.29) is 0 Å². The number of aromatic amines is 3. The van der Waals surface area contributed by atoms with Crippen LogP contribution < -0.4 is 20.4 Å². The molecule has 0 radical (unpaired) electrons. The topological polar surface area (TPSA) is 134 Å². The molecule has 0 atom stereocenters. The molecule has 158 valence electrons. The van der Waals surface area contributed by atoms with Crippen LogP contribution in [0.2, 0.25) is 0 Å². The quantitative estimate of drug-likeness (QED) is 0.299. The minimum atomic E-state index is 0.586. The van der Waals surface area contributed by atoms with Gasteiger partial charge in [0.2, 0.25) is 23.8 Å². The minimum Gasteiger partial charge on any atom is -0.363 e. The standard InChI is InChI=1S/C18H26N12/c1-11-8-30(9-14(11)21-16-22-17(26-25-16)28(3)4)10-29(5)18-23-15(24-27-18)20-13-6-12(2)19-7-13/h6-9,19H,10H2,1-5H3,(H2,20,23,24,27)(H2,21,22,25,26). The molecule has 30 heavy (non-hydrogen) atoms. The second-order valence-corrected chi connectivity index (χ2v) is 7.39. The predicted octanol–water partition coefficient (Wildman–Crippen LogP) is 2.32. The normalized spacial score (nSPS) is 11.0. The second kappa shape index (κ2) is 7.81. The van der Waals surface area contributed by atoms with Gasteiger partial charge in [-0.05, 0) is 25.5 Å². The van der Waals surface area contributed by atoms with Crippen molar-refractivity contribution in [2.45, 2.75) is 20.5 Å². The Morgan fingerprint density at radius 3 is 2.33 bits per heavy atom. The molecule has 0 unspecified atom stereocenters. The molecule has 0 aliphatic rings. The zero-order chi connectivity index (χ0) is 21.3. The van der Waals surface area contributed by atoms with Gasteiger partial charge in [-0.1, -0.05) is 0 Å². The van der Waals surface area contributed by atoms with Crippen molar-refractivity contribution >= 4 is 35.2 Å². The number of hydrogen-bond acceptors (Lipinski definition) is 8. The molecule has 0 saturated carbocycles. The van der Waals surface area contributed by atoms with E-state index < -0.39 is 0 Å². The second-order valence-electron chi connectivity index (χ2n) is 7.39. The Morgan fingerprint density at radius 1 is 0.967 bits per heavy atom. The first-order valence-electron chi connectivity index (χ1n) is 9.46. The van der Waals surface area contributed by atoms with Crippen LogP contribution in [0.15, 0.2) is 24.7 Å². The number of hydrogen-bond donors (Lipinski definition) is 5. The van der Waals surface area contributed by atoms with E-state index in [1.54, 1.807) is 0 Å². The Balaban J connectivity index is 1.40. The van der Waals surface area contributed by atoms with Crippen LogP contribution in [0.3, 0.4) is 0 Å². The van der Waals surface area contributed by atoms with Crippen molar-refractivity contribution in [1.82, 2.24) is 39.9 Å². The summed E-state index contributed by atoms with van der Waals surface area (Å²) in [6, 6.07) is 2.00. The fraction of sp³-hybridized carbons (Fsp3) is 0.333. The number of nitrogens with one attached hydrogen (secondary N) is 5. The van der Waals surface area contributed by atoms with Crippen LogP contribution >= 0.6 is 0 Å². The van der Waals surface area contributed by atoms with E-state index in [0.29, 0.717) is 30.5 Å². The van der Waals surface area contributed by atoms with Gasteiger partial charge in [-0.25, -0.2) is 10.2 Å². The number of nitrogens with zero attached hydrogens (tertiary/aromatic N) is 7. The van der Waals surface area contributed by atoms with Gasteiger partial charge in [0, 0.05) is 45.4 Å². The van der Waals surface area contributed by atoms with Crippen molar-refractivity contribution in [3.05, 3.63) is 35.9 Å². The molecular formula is C18H26N12. The monoisotopic (exact) mass is 410 g/mol. The van der Waals surface area contributed by atoms with Gasteiger partial charge < -0.3 is 30.0 Å². The zero-order valence-electron chi connectivity index (χ0n) is 17.6. The summed E-state index contributed by atoms with van der Waals surface area (Å²) in [5.41, 5.74) is 4.04. The van der Waals surface area contributed by atoms with E-state index in [0.717, 1.165) is 22.6 Å². The Hall–Kier alpha value is -3.96. The van der Waals surface area contributed by atoms with E-state index in [2.05, 4.69) is 56.7 Å². The first kappa shape index (κ1) is 19.4. The molecule has 4 aromatic heterocycles. The zero-order valence-corrected chi connectivity index (χ0v) is 17.6. The van der Waals surface area contributed by atoms with Crippen LogP contribution in [-0.4, -0.2) is 61.1 Å². The average molecular weight is 410 g/mol. The van der Waals surface area contributed by atoms with Crippen molar-refractivity contribution in [1.29, 1.82) is 0 Å². The fourth-order valence-corrected chi connectivity index (χ4v) is 2.98. The van der Waals surface area contributed by atoms with Gasteiger partial charge in [0.25, 0.3) is 0 Å². The molecule has 0 fully saturated rings. The van der Waals surface area contributed by atoms with Gasteiger partial charge in [-0.15, -0.1) is 10.2 Å². The summed E-state index contributed by atoms with van der Waals surface area (Å²) in [6.45, 7) is 4.62. The molecule has 0 saturated heterocycles. The highest BCUT2D eigenvalue weighted by atomic mass is 15.4. The van der Waals surface area contributed by atoms with Crippen LogP contribution in [0, 0.1) is 13.8 Å². The molecular weight excluding hydrogens is 384 g/mol. The van der Waals surface area contributed by atoms with Crippen LogP contribution in [0.1, 0.15) is 11.3 Å². The maximum atomic E-state index is 4.50. The van der Waals surface area contributed by atoms with Gasteiger partial charge in [0.05, 0.1) is 18.0 Å². The average Bonchev–Trinajstić information content (AvgIpc) is 3.46. The van der Waals surface area contributed by atoms with Crippen molar-refractivity contribution in [2.24, 2.45) is 0 Å². The highest BCUT2D eigenvalue weighted by Gasteiger charge is 2.12. The van der Waals surface area contributed by atoms with Gasteiger partial charge in [-0.3, -0.25) is 0 Å². The molecule has 4 rings (SSSR count). The fourth-order valence-electron chi connectivity index (χ4n) is 2.98. The van der Waals surface area contributed by atoms with Crippen molar-refractivity contribution < 1.29 is 0 Å². The molecule has 0 aliphatic carbocycles. The minimum absolute atomic E-state index is 0.586. The van der Waals surface area contributed by atoms with Crippen molar-refractivity contribution in [3.63, 3.8) is 0 Å². The SMILES string of the molecule is Cc1cc(Nc2nc(N(C)Cn3cc(C)c(Nc4nc(N(C)C)n[nH]4)c3)n[nH]2)c[nH]1. The molecule has 0 aliphatic heterocycles. The number of aromatic nitrogens is 8. The highest BCUT2D eigenvalue weighted by Crippen LogP contribution is 2.21. The van der Waals surface area contributed by atoms with Crippen LogP contribution in [0.5, 0.6) is 0 Å². The van der Waals surface area contributed by atoms with Crippen molar-refractivity contribution in [2.75, 3.05) is 41.6 Å². The molecule has 12 nitrogen and oxygen atoms in total. The smallest absolute Gasteiger partial charge is 0.247 e. The molecule has 4 heterocycles. The molecule has 0 aromatic carbocycles. The van der Waals surface area contributed by atoms with E-state index >= 15 is 0 Å². The number of H-pyrrole nitrogens is 3. The van der Waals surface area contributed by atoms with Gasteiger partial charge in [-0.2, -0.15) is 9.97 Å². The summed E-state index contributed by atoms with van der Waals surface area (Å²) in [7, 11) is 5.73. The summed E-state index contributed by atoms with van der Waals surface area (Å²) < 4.78 is 2.06. The van der Waals surface area contributed by atoms with E-state index in [4.69, 9.17) is 0 Å². The Labute approximate surface area is 173 Å². The van der Waals surface area contributed by atoms with E-state index in [1.807, 2.05) is 63.3 Å². The summed E-state index contributed by atoms with van der Waals surface area (Å²) >= 11 is 0. The Kier molecular flexibility index (Phi) is 5.04. The van der Waals surface area contributed by atoms with Crippen LogP contribution in [0.25, 0.3) is 0 Å². The maximum Gasteiger partial charge on any atom is 0.247 e. The first-order chi connectivity index (χ1) is 14.4. The van der Waals surface area contributed by atoms with Gasteiger partial charge >= 0.3 is 0 Å². The Bertz CT molecular complexity index is 1110. The molecule has 0 spiro atoms. The van der Waals surface area contributed by atoms with E-state index in [1.165, 1.54) is 0 Å². The molecule has 12 heteroatoms. The Morgan fingerprint density at radius 2 is 1.67 bits per heavy atom. The van der Waals surface area contributed by atoms with Crippen LogP contribution in [0.4, 0.5) is 35.2 Å². The number of anilines is 6. The van der Waals surface area contributed by atoms with Crippen molar-refractivity contribution in [3.8, 4) is 0 Å². The third kappa shape index (κ3) is 4.21. The first-order valence-corrected chi connectivity index (χ1v) is 9.46. The summed E-state index contributed by atoms with van der Waals surface area (Å²) in [5.74, 6) is 2.40. The lowest BCUT2D eigenvalue weighted by atomic mass is 10.3. The summed E-state index contributed by atoms with van der Waals surface area (Å²) in [5, 5.41) is 20.7. The van der Waals surface area contributed by atoms with Gasteiger partial charge in [0.1, 0.15) is 0 Å². The third-order valence-corrected chi connectivity index (χ3v) is 4.49. The maximum absolute atomic E-state index is 4.50. The summed E-state index contributed by atoms with van der Waals surface area (Å²) in [6.07, 6.45) is 5.95.